The summed E-state index contributed by atoms with van der Waals surface area (Å²) in [5, 5.41) is 14.3. The van der Waals surface area contributed by atoms with Gasteiger partial charge >= 0.3 is 0 Å². The molecule has 0 fully saturated rings. The fraction of sp³-hybridized carbons (Fsp3) is 0.0465. The van der Waals surface area contributed by atoms with Gasteiger partial charge in [0.2, 0.25) is 0 Å². The maximum absolute atomic E-state index is 2.47. The Morgan fingerprint density at radius 2 is 0.341 bits per heavy atom. The van der Waals surface area contributed by atoms with Gasteiger partial charge in [0.05, 0.1) is 11.4 Å². The first-order valence-corrected chi connectivity index (χ1v) is 30.6. The van der Waals surface area contributed by atoms with Crippen molar-refractivity contribution in [3.8, 4) is 22.3 Å². The van der Waals surface area contributed by atoms with E-state index in [2.05, 4.69) is 353 Å². The minimum Gasteiger partial charge on any atom is -0.309 e. The van der Waals surface area contributed by atoms with Gasteiger partial charge in [-0.05, 0) is 164 Å². The first kappa shape index (κ1) is 53.7. The molecule has 0 amide bonds. The minimum absolute atomic E-state index is 1.09. The number of rotatable bonds is 12. The van der Waals surface area contributed by atoms with Crippen LogP contribution >= 0.6 is 0 Å². The maximum atomic E-state index is 2.47. The van der Waals surface area contributed by atoms with Crippen LogP contribution in [0.3, 0.4) is 0 Å². The number of fused-ring (bicyclic) bond motifs is 6. The molecule has 88 heavy (non-hydrogen) atoms. The zero-order valence-corrected chi connectivity index (χ0v) is 49.9. The number of hydrogen-bond donors (Lipinski definition) is 0. The highest BCUT2D eigenvalue weighted by molar-refractivity contribution is 6.34. The van der Waals surface area contributed by atoms with Crippen molar-refractivity contribution in [3.05, 3.63) is 336 Å². The third kappa shape index (κ3) is 9.75. The summed E-state index contributed by atoms with van der Waals surface area (Å²) in [6, 6.07) is 108. The molecule has 2 nitrogen and oxygen atoms in total. The molecule has 0 spiro atoms. The second-order valence-corrected chi connectivity index (χ2v) is 23.5. The van der Waals surface area contributed by atoms with Crippen LogP contribution in [0, 0.1) is 27.7 Å². The molecule has 0 radical (unpaired) electrons. The van der Waals surface area contributed by atoms with Crippen molar-refractivity contribution in [1.82, 2.24) is 0 Å². The van der Waals surface area contributed by atoms with E-state index in [-0.39, 0.29) is 0 Å². The molecule has 0 heterocycles. The van der Waals surface area contributed by atoms with E-state index in [1.54, 1.807) is 0 Å². The number of nitrogens with zero attached hydrogens (tertiary/aromatic N) is 2. The zero-order chi connectivity index (χ0) is 59.2. The van der Waals surface area contributed by atoms with E-state index in [0.717, 1.165) is 45.3 Å². The molecule has 0 N–H and O–H groups in total. The van der Waals surface area contributed by atoms with E-state index >= 15 is 0 Å². The smallest absolute Gasteiger partial charge is 0.0618 e. The van der Waals surface area contributed by atoms with Crippen LogP contribution in [0.4, 0.5) is 34.1 Å². The fourth-order valence-electron chi connectivity index (χ4n) is 13.3. The summed E-state index contributed by atoms with van der Waals surface area (Å²) in [6.45, 7) is 8.59. The molecule has 418 valence electrons. The number of aryl methyl sites for hydroxylation is 4. The van der Waals surface area contributed by atoms with Crippen LogP contribution < -0.4 is 9.80 Å². The van der Waals surface area contributed by atoms with E-state index in [1.807, 2.05) is 0 Å². The fourth-order valence-corrected chi connectivity index (χ4v) is 13.3. The molecule has 0 aromatic heterocycles. The van der Waals surface area contributed by atoms with Crippen molar-refractivity contribution in [1.29, 1.82) is 0 Å². The third-order valence-corrected chi connectivity index (χ3v) is 17.7. The standard InChI is InChI=1S/C86H64N2/c1-57-29-37-61(38-30-57)41-43-63-45-53-67(54-46-63)87(65-49-33-59(3)34-50-65)85-77-25-13-9-21-73(77)83(74-22-10-14-26-78(74)85)81-69-17-5-7-19-71(69)82(72-20-8-6-18-70(72)81)84-75-23-11-15-27-79(75)86(80-28-16-12-24-76(80)84)88(66-51-35-60(4)36-52-66)68-55-47-64(48-56-68)44-42-62-39-31-58(2)32-40-62/h5-56H,1-4H3/b43-41+,44-42+. The van der Waals surface area contributed by atoms with Crippen LogP contribution in [0.25, 0.3) is 111 Å². The van der Waals surface area contributed by atoms with Gasteiger partial charge in [-0.25, -0.2) is 0 Å². The lowest BCUT2D eigenvalue weighted by atomic mass is 9.80. The van der Waals surface area contributed by atoms with E-state index in [4.69, 9.17) is 0 Å². The lowest BCUT2D eigenvalue weighted by Gasteiger charge is -2.31. The van der Waals surface area contributed by atoms with Gasteiger partial charge in [-0.3, -0.25) is 0 Å². The lowest BCUT2D eigenvalue weighted by Crippen LogP contribution is -2.12. The average Bonchev–Trinajstić information content (AvgIpc) is 0.767. The Kier molecular flexibility index (Phi) is 13.9. The van der Waals surface area contributed by atoms with Gasteiger partial charge in [0.15, 0.2) is 0 Å². The second-order valence-electron chi connectivity index (χ2n) is 23.5. The molecule has 0 bridgehead atoms. The van der Waals surface area contributed by atoms with Gasteiger partial charge < -0.3 is 9.80 Å². The lowest BCUT2D eigenvalue weighted by molar-refractivity contribution is 1.30. The van der Waals surface area contributed by atoms with Gasteiger partial charge in [-0.2, -0.15) is 0 Å². The summed E-state index contributed by atoms with van der Waals surface area (Å²) in [5.41, 5.74) is 21.2. The summed E-state index contributed by atoms with van der Waals surface area (Å²) in [5.74, 6) is 0. The van der Waals surface area contributed by atoms with Crippen LogP contribution in [0.1, 0.15) is 44.5 Å². The molecule has 0 aliphatic rings. The molecule has 0 aliphatic carbocycles. The molecule has 2 heteroatoms. The quantitative estimate of drug-likeness (QED) is 0.0889. The Hall–Kier alpha value is -11.1. The second kappa shape index (κ2) is 22.7. The Morgan fingerprint density at radius 1 is 0.182 bits per heavy atom. The molecule has 0 unspecified atom stereocenters. The summed E-state index contributed by atoms with van der Waals surface area (Å²) < 4.78 is 0. The molecule has 0 atom stereocenters. The minimum atomic E-state index is 1.09. The topological polar surface area (TPSA) is 6.48 Å². The molecular formula is C86H64N2. The summed E-state index contributed by atoms with van der Waals surface area (Å²) in [6.07, 6.45) is 8.80. The molecule has 15 aromatic rings. The van der Waals surface area contributed by atoms with Crippen molar-refractivity contribution >= 4 is 123 Å². The summed E-state index contributed by atoms with van der Waals surface area (Å²) >= 11 is 0. The molecular weight excluding hydrogens is 1060 g/mol. The first-order chi connectivity index (χ1) is 43.3. The SMILES string of the molecule is Cc1ccc(/C=C/c2ccc(N(c3ccc(C)cc3)c3c4ccccc4c(-c4c5ccccc5c(-c5c6ccccc6c(N(c6ccc(C)cc6)c6ccc(/C=C/c7ccc(C)cc7)cc6)c6ccccc56)c5ccccc45)c4ccccc34)cc2)cc1. The zero-order valence-electron chi connectivity index (χ0n) is 49.9. The highest BCUT2D eigenvalue weighted by Crippen LogP contribution is 2.55. The number of hydrogen-bond acceptors (Lipinski definition) is 2. The molecule has 15 rings (SSSR count). The van der Waals surface area contributed by atoms with Crippen LogP contribution in [0.15, 0.2) is 291 Å². The van der Waals surface area contributed by atoms with Crippen LogP contribution in [-0.4, -0.2) is 0 Å². The molecule has 15 aromatic carbocycles. The summed E-state index contributed by atoms with van der Waals surface area (Å²) in [7, 11) is 0. The predicted molar refractivity (Wildman–Crippen MR) is 381 cm³/mol. The van der Waals surface area contributed by atoms with Crippen LogP contribution in [0.5, 0.6) is 0 Å². The monoisotopic (exact) mass is 1120 g/mol. The molecule has 0 aliphatic heterocycles. The largest absolute Gasteiger partial charge is 0.309 e. The number of anilines is 6. The number of benzene rings is 15. The molecule has 0 saturated heterocycles. The van der Waals surface area contributed by atoms with Gasteiger partial charge in [0.25, 0.3) is 0 Å². The van der Waals surface area contributed by atoms with Crippen molar-refractivity contribution in [3.63, 3.8) is 0 Å². The summed E-state index contributed by atoms with van der Waals surface area (Å²) in [4.78, 5) is 4.95. The van der Waals surface area contributed by atoms with E-state index in [0.29, 0.717) is 0 Å². The van der Waals surface area contributed by atoms with Gasteiger partial charge in [0, 0.05) is 44.3 Å². The average molecular weight is 1130 g/mol. The Labute approximate surface area is 515 Å². The van der Waals surface area contributed by atoms with E-state index in [9.17, 15) is 0 Å². The normalized spacial score (nSPS) is 11.8. The van der Waals surface area contributed by atoms with E-state index < -0.39 is 0 Å². The third-order valence-electron chi connectivity index (χ3n) is 17.7. The van der Waals surface area contributed by atoms with Gasteiger partial charge in [-0.15, -0.1) is 0 Å². The van der Waals surface area contributed by atoms with Crippen molar-refractivity contribution in [2.24, 2.45) is 0 Å². The predicted octanol–water partition coefficient (Wildman–Crippen LogP) is 24.5. The Morgan fingerprint density at radius 3 is 0.557 bits per heavy atom. The maximum Gasteiger partial charge on any atom is 0.0618 e. The van der Waals surface area contributed by atoms with Gasteiger partial charge in [0.1, 0.15) is 0 Å². The van der Waals surface area contributed by atoms with Crippen LogP contribution in [0.2, 0.25) is 0 Å². The van der Waals surface area contributed by atoms with Crippen molar-refractivity contribution in [2.75, 3.05) is 9.80 Å². The Balaban J connectivity index is 0.944. The van der Waals surface area contributed by atoms with Crippen LogP contribution in [-0.2, 0) is 0 Å². The highest BCUT2D eigenvalue weighted by Gasteiger charge is 2.28. The molecule has 0 saturated carbocycles. The van der Waals surface area contributed by atoms with Gasteiger partial charge in [-0.1, -0.05) is 289 Å². The first-order valence-electron chi connectivity index (χ1n) is 30.6. The van der Waals surface area contributed by atoms with Crippen molar-refractivity contribution in [2.45, 2.75) is 27.7 Å². The van der Waals surface area contributed by atoms with E-state index in [1.165, 1.54) is 120 Å². The van der Waals surface area contributed by atoms with Crippen molar-refractivity contribution < 1.29 is 0 Å². The Bertz CT molecular complexity index is 4690. The highest BCUT2D eigenvalue weighted by atomic mass is 15.2.